The van der Waals surface area contributed by atoms with E-state index in [2.05, 4.69) is 0 Å². The fourth-order valence-electron chi connectivity index (χ4n) is 3.34. The number of hydrogen-bond acceptors (Lipinski definition) is 7. The van der Waals surface area contributed by atoms with E-state index in [1.54, 1.807) is 74.5 Å². The predicted octanol–water partition coefficient (Wildman–Crippen LogP) is 3.46. The number of ether oxygens (including phenoxy) is 2. The Labute approximate surface area is 186 Å². The third kappa shape index (κ3) is 6.70. The van der Waals surface area contributed by atoms with Gasteiger partial charge in [-0.1, -0.05) is 60.7 Å². The van der Waals surface area contributed by atoms with Crippen molar-refractivity contribution < 1.29 is 33.4 Å². The van der Waals surface area contributed by atoms with Crippen LogP contribution in [0.15, 0.2) is 60.7 Å². The summed E-state index contributed by atoms with van der Waals surface area (Å²) in [7, 11) is 0. The lowest BCUT2D eigenvalue weighted by molar-refractivity contribution is -0.155. The molecule has 0 aliphatic carbocycles. The van der Waals surface area contributed by atoms with Gasteiger partial charge in [0.2, 0.25) is 0 Å². The van der Waals surface area contributed by atoms with Crippen LogP contribution in [0.3, 0.4) is 0 Å². The second-order valence-electron chi connectivity index (χ2n) is 7.01. The first-order valence-electron chi connectivity index (χ1n) is 10.4. The van der Waals surface area contributed by atoms with Crippen molar-refractivity contribution in [2.75, 3.05) is 13.2 Å². The van der Waals surface area contributed by atoms with Crippen LogP contribution in [0.25, 0.3) is 0 Å². The van der Waals surface area contributed by atoms with Crippen molar-refractivity contribution in [2.24, 2.45) is 11.8 Å². The van der Waals surface area contributed by atoms with Gasteiger partial charge < -0.3 is 9.47 Å². The van der Waals surface area contributed by atoms with Crippen molar-refractivity contribution >= 4 is 29.3 Å². The molecule has 0 aliphatic heterocycles. The normalized spacial score (nSPS) is 12.3. The maximum absolute atomic E-state index is 13.3. The van der Waals surface area contributed by atoms with Gasteiger partial charge in [0.1, 0.15) is 12.3 Å². The summed E-state index contributed by atoms with van der Waals surface area (Å²) >= 11 is 0. The minimum atomic E-state index is -1.61. The lowest BCUT2D eigenvalue weighted by Crippen LogP contribution is -2.39. The van der Waals surface area contributed by atoms with Gasteiger partial charge in [0.25, 0.3) is 0 Å². The first-order chi connectivity index (χ1) is 15.4. The molecule has 7 heteroatoms. The van der Waals surface area contributed by atoms with E-state index in [4.69, 9.17) is 9.47 Å². The second-order valence-corrected chi connectivity index (χ2v) is 7.01. The Kier molecular flexibility index (Phi) is 9.47. The van der Waals surface area contributed by atoms with Gasteiger partial charge in [0.15, 0.2) is 17.3 Å². The third-order valence-corrected chi connectivity index (χ3v) is 4.81. The van der Waals surface area contributed by atoms with Crippen LogP contribution < -0.4 is 0 Å². The molecule has 0 spiro atoms. The molecule has 2 rings (SSSR count). The molecule has 168 valence electrons. The molecule has 2 unspecified atom stereocenters. The molecule has 0 N–H and O–H groups in total. The van der Waals surface area contributed by atoms with E-state index in [1.165, 1.54) is 0 Å². The summed E-state index contributed by atoms with van der Waals surface area (Å²) in [4.78, 5) is 63.9. The van der Waals surface area contributed by atoms with Gasteiger partial charge in [-0.25, -0.2) is 0 Å². The van der Waals surface area contributed by atoms with Crippen LogP contribution in [-0.2, 0) is 23.9 Å². The number of ketones is 3. The summed E-state index contributed by atoms with van der Waals surface area (Å²) < 4.78 is 9.86. The smallest absolute Gasteiger partial charge is 0.317 e. The van der Waals surface area contributed by atoms with Crippen LogP contribution in [0.2, 0.25) is 0 Å². The molecule has 0 saturated heterocycles. The maximum atomic E-state index is 13.3. The minimum Gasteiger partial charge on any atom is -0.466 e. The van der Waals surface area contributed by atoms with Gasteiger partial charge >= 0.3 is 11.9 Å². The van der Waals surface area contributed by atoms with E-state index in [9.17, 15) is 24.0 Å². The summed E-state index contributed by atoms with van der Waals surface area (Å²) in [5.74, 6) is -6.48. The molecular formula is C25H26O7. The third-order valence-electron chi connectivity index (χ3n) is 4.81. The summed E-state index contributed by atoms with van der Waals surface area (Å²) in [5.41, 5.74) is 0.593. The van der Waals surface area contributed by atoms with Crippen molar-refractivity contribution in [2.45, 2.75) is 26.7 Å². The van der Waals surface area contributed by atoms with E-state index in [-0.39, 0.29) is 18.8 Å². The number of esters is 2. The molecular weight excluding hydrogens is 412 g/mol. The molecule has 0 aromatic heterocycles. The van der Waals surface area contributed by atoms with E-state index < -0.39 is 54.0 Å². The summed E-state index contributed by atoms with van der Waals surface area (Å²) in [6.45, 7) is 3.19. The average molecular weight is 438 g/mol. The van der Waals surface area contributed by atoms with Gasteiger partial charge in [0, 0.05) is 23.5 Å². The Morgan fingerprint density at radius 3 is 1.81 bits per heavy atom. The molecule has 32 heavy (non-hydrogen) atoms. The molecule has 0 aliphatic rings. The highest BCUT2D eigenvalue weighted by molar-refractivity contribution is 6.13. The lowest BCUT2D eigenvalue weighted by Gasteiger charge is -2.23. The van der Waals surface area contributed by atoms with Crippen LogP contribution in [0, 0.1) is 11.8 Å². The highest BCUT2D eigenvalue weighted by Crippen LogP contribution is 2.27. The molecule has 0 radical (unpaired) electrons. The number of Topliss-reactive ketones (excluding diaryl/α,β-unsaturated/α-hetero) is 3. The van der Waals surface area contributed by atoms with Crippen molar-refractivity contribution in [3.05, 3.63) is 71.8 Å². The maximum Gasteiger partial charge on any atom is 0.317 e. The summed E-state index contributed by atoms with van der Waals surface area (Å²) in [6.07, 6.45) is -1.09. The SMILES string of the molecule is CCOC(=O)CC(=O)C(C(=O)OCC)C(CC(=O)c1ccccc1)C(=O)c1ccccc1. The largest absolute Gasteiger partial charge is 0.466 e. The quantitative estimate of drug-likeness (QED) is 0.284. The Morgan fingerprint density at radius 2 is 1.28 bits per heavy atom. The molecule has 7 nitrogen and oxygen atoms in total. The Hall–Kier alpha value is -3.61. The van der Waals surface area contributed by atoms with Gasteiger partial charge in [0.05, 0.1) is 13.2 Å². The minimum absolute atomic E-state index is 0.0269. The molecule has 0 saturated carbocycles. The van der Waals surface area contributed by atoms with E-state index in [1.807, 2.05) is 0 Å². The zero-order valence-electron chi connectivity index (χ0n) is 18.1. The average Bonchev–Trinajstić information content (AvgIpc) is 2.79. The Morgan fingerprint density at radius 1 is 0.750 bits per heavy atom. The molecule has 2 atom stereocenters. The van der Waals surface area contributed by atoms with Crippen molar-refractivity contribution in [1.29, 1.82) is 0 Å². The number of carbonyl (C=O) groups is 5. The fraction of sp³-hybridized carbons (Fsp3) is 0.320. The molecule has 2 aromatic carbocycles. The fourth-order valence-corrected chi connectivity index (χ4v) is 3.34. The number of rotatable bonds is 12. The van der Waals surface area contributed by atoms with Crippen LogP contribution in [0.5, 0.6) is 0 Å². The van der Waals surface area contributed by atoms with Crippen molar-refractivity contribution in [1.82, 2.24) is 0 Å². The summed E-state index contributed by atoms with van der Waals surface area (Å²) in [5, 5.41) is 0. The zero-order chi connectivity index (χ0) is 23.5. The van der Waals surface area contributed by atoms with Crippen LogP contribution in [-0.4, -0.2) is 42.5 Å². The summed E-state index contributed by atoms with van der Waals surface area (Å²) in [6, 6.07) is 16.4. The van der Waals surface area contributed by atoms with Crippen molar-refractivity contribution in [3.8, 4) is 0 Å². The monoisotopic (exact) mass is 438 g/mol. The predicted molar refractivity (Wildman–Crippen MR) is 116 cm³/mol. The number of carbonyl (C=O) groups excluding carboxylic acids is 5. The Bertz CT molecular complexity index is 951. The topological polar surface area (TPSA) is 104 Å². The van der Waals surface area contributed by atoms with E-state index in [0.717, 1.165) is 0 Å². The van der Waals surface area contributed by atoms with Crippen LogP contribution in [0.1, 0.15) is 47.4 Å². The van der Waals surface area contributed by atoms with Gasteiger partial charge in [-0.15, -0.1) is 0 Å². The molecule has 0 bridgehead atoms. The second kappa shape index (κ2) is 12.3. The number of hydrogen-bond donors (Lipinski definition) is 0. The first kappa shape index (κ1) is 24.7. The van der Waals surface area contributed by atoms with Gasteiger partial charge in [-0.2, -0.15) is 0 Å². The van der Waals surface area contributed by atoms with Crippen LogP contribution >= 0.6 is 0 Å². The molecule has 0 fully saturated rings. The van der Waals surface area contributed by atoms with E-state index in [0.29, 0.717) is 5.56 Å². The van der Waals surface area contributed by atoms with Crippen molar-refractivity contribution in [3.63, 3.8) is 0 Å². The molecule has 0 amide bonds. The van der Waals surface area contributed by atoms with Gasteiger partial charge in [-0.05, 0) is 13.8 Å². The zero-order valence-corrected chi connectivity index (χ0v) is 18.1. The van der Waals surface area contributed by atoms with Gasteiger partial charge in [-0.3, -0.25) is 24.0 Å². The Balaban J connectivity index is 2.46. The highest BCUT2D eigenvalue weighted by Gasteiger charge is 2.42. The lowest BCUT2D eigenvalue weighted by atomic mass is 9.78. The highest BCUT2D eigenvalue weighted by atomic mass is 16.5. The van der Waals surface area contributed by atoms with E-state index >= 15 is 0 Å². The first-order valence-corrected chi connectivity index (χ1v) is 10.4. The molecule has 2 aromatic rings. The van der Waals surface area contributed by atoms with Crippen LogP contribution in [0.4, 0.5) is 0 Å². The molecule has 0 heterocycles. The number of benzene rings is 2. The standard InChI is InChI=1S/C25H26O7/c1-3-31-22(28)16-21(27)23(25(30)32-4-2)19(24(29)18-13-9-6-10-14-18)15-20(26)17-11-7-5-8-12-17/h5-14,19,23H,3-4,15-16H2,1-2H3.